The molecule has 0 heterocycles. The van der Waals surface area contributed by atoms with Crippen LogP contribution in [0.5, 0.6) is 0 Å². The molecule has 1 atom stereocenters. The van der Waals surface area contributed by atoms with Gasteiger partial charge in [0.1, 0.15) is 6.04 Å². The zero-order chi connectivity index (χ0) is 16.0. The smallest absolute Gasteiger partial charge is 0.326 e. The molecule has 114 valence electrons. The highest BCUT2D eigenvalue weighted by molar-refractivity contribution is 6.31. The maximum absolute atomic E-state index is 13.7. The molecular formula is C13H13ClFNO5. The first-order valence-electron chi connectivity index (χ1n) is 5.91. The Morgan fingerprint density at radius 3 is 2.67 bits per heavy atom. The third-order valence-electron chi connectivity index (χ3n) is 2.66. The predicted octanol–water partition coefficient (Wildman–Crippen LogP) is 1.62. The highest BCUT2D eigenvalue weighted by Crippen LogP contribution is 2.18. The minimum absolute atomic E-state index is 0.171. The molecule has 0 aliphatic rings. The van der Waals surface area contributed by atoms with Crippen LogP contribution in [0, 0.1) is 5.82 Å². The Labute approximate surface area is 124 Å². The van der Waals surface area contributed by atoms with Crippen molar-refractivity contribution in [2.45, 2.75) is 18.9 Å². The van der Waals surface area contributed by atoms with Gasteiger partial charge in [-0.25, -0.2) is 9.18 Å². The molecule has 8 heteroatoms. The van der Waals surface area contributed by atoms with Gasteiger partial charge in [0.25, 0.3) is 5.91 Å². The van der Waals surface area contributed by atoms with Gasteiger partial charge in [-0.2, -0.15) is 0 Å². The van der Waals surface area contributed by atoms with Crippen LogP contribution in [0.2, 0.25) is 5.02 Å². The Balaban J connectivity index is 2.79. The zero-order valence-corrected chi connectivity index (χ0v) is 11.8. The van der Waals surface area contributed by atoms with E-state index in [-0.39, 0.29) is 23.4 Å². The number of carboxylic acids is 1. The summed E-state index contributed by atoms with van der Waals surface area (Å²) >= 11 is 5.55. The lowest BCUT2D eigenvalue weighted by Crippen LogP contribution is -2.41. The number of nitrogens with one attached hydrogen (secondary N) is 1. The molecule has 1 aromatic carbocycles. The summed E-state index contributed by atoms with van der Waals surface area (Å²) in [6, 6.07) is 2.47. The molecule has 6 nitrogen and oxygen atoms in total. The second-order valence-corrected chi connectivity index (χ2v) is 4.49. The second-order valence-electron chi connectivity index (χ2n) is 4.08. The van der Waals surface area contributed by atoms with Crippen molar-refractivity contribution in [1.29, 1.82) is 0 Å². The largest absolute Gasteiger partial charge is 0.480 e. The first-order chi connectivity index (χ1) is 9.86. The molecule has 0 aromatic heterocycles. The number of carbonyl (C=O) groups is 3. The molecule has 0 saturated carbocycles. The van der Waals surface area contributed by atoms with Crippen molar-refractivity contribution in [2.24, 2.45) is 0 Å². The first-order valence-corrected chi connectivity index (χ1v) is 6.29. The van der Waals surface area contributed by atoms with Gasteiger partial charge in [-0.15, -0.1) is 0 Å². The Morgan fingerprint density at radius 2 is 2.10 bits per heavy atom. The van der Waals surface area contributed by atoms with E-state index in [2.05, 4.69) is 10.1 Å². The van der Waals surface area contributed by atoms with Gasteiger partial charge in [-0.05, 0) is 18.6 Å². The van der Waals surface area contributed by atoms with E-state index in [4.69, 9.17) is 16.7 Å². The van der Waals surface area contributed by atoms with Crippen LogP contribution in [0.1, 0.15) is 23.2 Å². The van der Waals surface area contributed by atoms with Crippen LogP contribution in [0.4, 0.5) is 4.39 Å². The van der Waals surface area contributed by atoms with Gasteiger partial charge >= 0.3 is 11.9 Å². The summed E-state index contributed by atoms with van der Waals surface area (Å²) in [6.45, 7) is 0. The van der Waals surface area contributed by atoms with Crippen molar-refractivity contribution in [3.05, 3.63) is 34.6 Å². The number of halogens is 2. The van der Waals surface area contributed by atoms with E-state index in [9.17, 15) is 18.8 Å². The van der Waals surface area contributed by atoms with Crippen LogP contribution in [0.25, 0.3) is 0 Å². The lowest BCUT2D eigenvalue weighted by atomic mass is 10.1. The third kappa shape index (κ3) is 4.71. The number of carbonyl (C=O) groups excluding carboxylic acids is 2. The van der Waals surface area contributed by atoms with E-state index < -0.39 is 29.7 Å². The molecule has 1 rings (SSSR count). The molecular weight excluding hydrogens is 305 g/mol. The lowest BCUT2D eigenvalue weighted by Gasteiger charge is -2.14. The molecule has 0 spiro atoms. The fraction of sp³-hybridized carbons (Fsp3) is 0.308. The molecule has 0 saturated heterocycles. The van der Waals surface area contributed by atoms with Crippen molar-refractivity contribution in [2.75, 3.05) is 7.11 Å². The number of amides is 1. The summed E-state index contributed by atoms with van der Waals surface area (Å²) in [7, 11) is 1.16. The summed E-state index contributed by atoms with van der Waals surface area (Å²) in [6.07, 6.45) is -0.359. The third-order valence-corrected chi connectivity index (χ3v) is 2.96. The van der Waals surface area contributed by atoms with Crippen LogP contribution in [-0.4, -0.2) is 36.1 Å². The van der Waals surface area contributed by atoms with Gasteiger partial charge in [0.05, 0.1) is 17.7 Å². The summed E-state index contributed by atoms with van der Waals surface area (Å²) < 4.78 is 18.0. The fourth-order valence-electron chi connectivity index (χ4n) is 1.54. The Kier molecular flexibility index (Phi) is 6.10. The number of carboxylic acid groups (broad SMARTS) is 1. The maximum atomic E-state index is 13.7. The molecule has 1 unspecified atom stereocenters. The average Bonchev–Trinajstić information content (AvgIpc) is 2.45. The number of hydrogen-bond donors (Lipinski definition) is 2. The van der Waals surface area contributed by atoms with E-state index in [1.165, 1.54) is 18.2 Å². The summed E-state index contributed by atoms with van der Waals surface area (Å²) in [4.78, 5) is 33.9. The van der Waals surface area contributed by atoms with Crippen molar-refractivity contribution < 1.29 is 28.6 Å². The first kappa shape index (κ1) is 16.9. The monoisotopic (exact) mass is 317 g/mol. The average molecular weight is 318 g/mol. The SMILES string of the molecule is COC(=O)CCC(NC(=O)c1cccc(Cl)c1F)C(=O)O. The minimum Gasteiger partial charge on any atom is -0.480 e. The minimum atomic E-state index is -1.34. The van der Waals surface area contributed by atoms with Gasteiger partial charge in [0.2, 0.25) is 0 Å². The normalized spacial score (nSPS) is 11.6. The van der Waals surface area contributed by atoms with Crippen LogP contribution in [0.3, 0.4) is 0 Å². The van der Waals surface area contributed by atoms with Crippen LogP contribution in [-0.2, 0) is 14.3 Å². The number of rotatable bonds is 6. The lowest BCUT2D eigenvalue weighted by molar-refractivity contribution is -0.142. The maximum Gasteiger partial charge on any atom is 0.326 e. The molecule has 0 aliphatic carbocycles. The fourth-order valence-corrected chi connectivity index (χ4v) is 1.71. The topological polar surface area (TPSA) is 92.7 Å². The number of methoxy groups -OCH3 is 1. The van der Waals surface area contributed by atoms with E-state index in [1.807, 2.05) is 0 Å². The number of aliphatic carboxylic acids is 1. The number of ether oxygens (including phenoxy) is 1. The molecule has 2 N–H and O–H groups in total. The van der Waals surface area contributed by atoms with Gasteiger partial charge in [-0.3, -0.25) is 9.59 Å². The molecule has 1 amide bonds. The second kappa shape index (κ2) is 7.58. The van der Waals surface area contributed by atoms with E-state index >= 15 is 0 Å². The Morgan fingerprint density at radius 1 is 1.43 bits per heavy atom. The summed E-state index contributed by atoms with van der Waals surface area (Å²) in [5.41, 5.74) is -0.369. The number of benzene rings is 1. The Bertz CT molecular complexity index is 563. The highest BCUT2D eigenvalue weighted by atomic mass is 35.5. The quantitative estimate of drug-likeness (QED) is 0.778. The van der Waals surface area contributed by atoms with Crippen molar-refractivity contribution in [1.82, 2.24) is 5.32 Å². The standard InChI is InChI=1S/C13H13ClFNO5/c1-21-10(17)6-5-9(13(19)20)16-12(18)7-3-2-4-8(14)11(7)15/h2-4,9H,5-6H2,1H3,(H,16,18)(H,19,20). The van der Waals surface area contributed by atoms with Crippen molar-refractivity contribution >= 4 is 29.4 Å². The van der Waals surface area contributed by atoms with Gasteiger partial charge < -0.3 is 15.2 Å². The molecule has 0 radical (unpaired) electrons. The molecule has 0 bridgehead atoms. The molecule has 21 heavy (non-hydrogen) atoms. The van der Waals surface area contributed by atoms with Crippen LogP contribution < -0.4 is 5.32 Å². The van der Waals surface area contributed by atoms with Crippen LogP contribution >= 0.6 is 11.6 Å². The number of esters is 1. The highest BCUT2D eigenvalue weighted by Gasteiger charge is 2.23. The molecule has 1 aromatic rings. The van der Waals surface area contributed by atoms with E-state index in [1.54, 1.807) is 0 Å². The molecule has 0 fully saturated rings. The predicted molar refractivity (Wildman–Crippen MR) is 71.6 cm³/mol. The van der Waals surface area contributed by atoms with Gasteiger partial charge in [0, 0.05) is 6.42 Å². The van der Waals surface area contributed by atoms with Crippen LogP contribution in [0.15, 0.2) is 18.2 Å². The van der Waals surface area contributed by atoms with Gasteiger partial charge in [-0.1, -0.05) is 17.7 Å². The summed E-state index contributed by atoms with van der Waals surface area (Å²) in [5, 5.41) is 10.9. The zero-order valence-electron chi connectivity index (χ0n) is 11.1. The van der Waals surface area contributed by atoms with Gasteiger partial charge in [0.15, 0.2) is 5.82 Å². The van der Waals surface area contributed by atoms with E-state index in [0.717, 1.165) is 7.11 Å². The Hall–Kier alpha value is -2.15. The van der Waals surface area contributed by atoms with Crippen molar-refractivity contribution in [3.63, 3.8) is 0 Å². The van der Waals surface area contributed by atoms with Crippen molar-refractivity contribution in [3.8, 4) is 0 Å². The summed E-state index contributed by atoms with van der Waals surface area (Å²) in [5.74, 6) is -3.81. The van der Waals surface area contributed by atoms with E-state index in [0.29, 0.717) is 0 Å². The number of hydrogen-bond acceptors (Lipinski definition) is 4. The molecule has 0 aliphatic heterocycles.